The highest BCUT2D eigenvalue weighted by Gasteiger charge is 2.31. The summed E-state index contributed by atoms with van der Waals surface area (Å²) in [4.78, 5) is 2.15. The van der Waals surface area contributed by atoms with Crippen LogP contribution in [0.5, 0.6) is 0 Å². The fraction of sp³-hybridized carbons (Fsp3) is 0.400. The van der Waals surface area contributed by atoms with E-state index in [1.165, 1.54) is 0 Å². The first-order chi connectivity index (χ1) is 6.21. The van der Waals surface area contributed by atoms with E-state index in [9.17, 15) is 4.57 Å². The molecule has 1 aromatic rings. The summed E-state index contributed by atoms with van der Waals surface area (Å²) < 4.78 is 12.4. The van der Waals surface area contributed by atoms with Crippen molar-refractivity contribution in [2.24, 2.45) is 0 Å². The van der Waals surface area contributed by atoms with E-state index in [0.717, 1.165) is 24.3 Å². The molecule has 0 aromatic heterocycles. The van der Waals surface area contributed by atoms with Gasteiger partial charge in [0.1, 0.15) is 7.14 Å². The van der Waals surface area contributed by atoms with Gasteiger partial charge in [-0.2, -0.15) is 0 Å². The van der Waals surface area contributed by atoms with Crippen LogP contribution in [0.3, 0.4) is 0 Å². The van der Waals surface area contributed by atoms with Crippen molar-refractivity contribution in [3.8, 4) is 0 Å². The van der Waals surface area contributed by atoms with Crippen molar-refractivity contribution in [1.29, 1.82) is 0 Å². The molecule has 0 aliphatic carbocycles. The van der Waals surface area contributed by atoms with E-state index in [2.05, 4.69) is 4.90 Å². The summed E-state index contributed by atoms with van der Waals surface area (Å²) in [5.74, 6) is 0. The van der Waals surface area contributed by atoms with Gasteiger partial charge in [-0.1, -0.05) is 30.3 Å². The van der Waals surface area contributed by atoms with Gasteiger partial charge in [-0.25, -0.2) is 0 Å². The lowest BCUT2D eigenvalue weighted by atomic mass is 10.4. The van der Waals surface area contributed by atoms with Crippen molar-refractivity contribution in [3.05, 3.63) is 30.3 Å². The van der Waals surface area contributed by atoms with Crippen molar-refractivity contribution in [2.45, 2.75) is 0 Å². The third kappa shape index (κ3) is 1.70. The fourth-order valence-corrected chi connectivity index (χ4v) is 4.64. The highest BCUT2D eigenvalue weighted by atomic mass is 31.2. The monoisotopic (exact) mass is 195 g/mol. The standard InChI is InChI=1S/C10H14NOP/c1-11-7-8-13(12,9-11)10-5-3-2-4-6-10/h2-6H,7-9H2,1H3. The minimum atomic E-state index is -2.05. The van der Waals surface area contributed by atoms with Crippen molar-refractivity contribution >= 4 is 12.4 Å². The molecule has 0 N–H and O–H groups in total. The van der Waals surface area contributed by atoms with Crippen molar-refractivity contribution < 1.29 is 4.57 Å². The largest absolute Gasteiger partial charge is 0.317 e. The van der Waals surface area contributed by atoms with E-state index in [1.807, 2.05) is 37.4 Å². The van der Waals surface area contributed by atoms with Gasteiger partial charge in [-0.3, -0.25) is 4.90 Å². The summed E-state index contributed by atoms with van der Waals surface area (Å²) in [6.07, 6.45) is 1.59. The van der Waals surface area contributed by atoms with Crippen LogP contribution in [0.4, 0.5) is 0 Å². The second-order valence-electron chi connectivity index (χ2n) is 3.67. The molecule has 1 aliphatic rings. The minimum absolute atomic E-state index is 0.747. The lowest BCUT2D eigenvalue weighted by Gasteiger charge is -2.11. The molecule has 1 aromatic carbocycles. The molecule has 0 amide bonds. The van der Waals surface area contributed by atoms with E-state index in [4.69, 9.17) is 0 Å². The van der Waals surface area contributed by atoms with Crippen LogP contribution in [0.25, 0.3) is 0 Å². The topological polar surface area (TPSA) is 20.3 Å². The molecule has 0 spiro atoms. The van der Waals surface area contributed by atoms with Gasteiger partial charge in [-0.15, -0.1) is 0 Å². The van der Waals surface area contributed by atoms with E-state index >= 15 is 0 Å². The number of rotatable bonds is 1. The number of benzene rings is 1. The normalized spacial score (nSPS) is 29.3. The van der Waals surface area contributed by atoms with Crippen LogP contribution in [0, 0.1) is 0 Å². The molecule has 0 radical (unpaired) electrons. The quantitative estimate of drug-likeness (QED) is 0.634. The molecular weight excluding hydrogens is 181 g/mol. The predicted molar refractivity (Wildman–Crippen MR) is 56.0 cm³/mol. The summed E-state index contributed by atoms with van der Waals surface area (Å²) in [6.45, 7) is 0.964. The molecule has 1 aliphatic heterocycles. The van der Waals surface area contributed by atoms with Crippen molar-refractivity contribution in [2.75, 3.05) is 26.0 Å². The number of hydrogen-bond acceptors (Lipinski definition) is 2. The van der Waals surface area contributed by atoms with Gasteiger partial charge < -0.3 is 4.57 Å². The SMILES string of the molecule is CN1CCP(=O)(c2ccccc2)C1. The summed E-state index contributed by atoms with van der Waals surface area (Å²) in [6, 6.07) is 9.87. The minimum Gasteiger partial charge on any atom is -0.317 e. The number of nitrogens with zero attached hydrogens (tertiary/aromatic N) is 1. The molecule has 1 heterocycles. The molecule has 0 bridgehead atoms. The zero-order valence-corrected chi connectivity index (χ0v) is 8.71. The van der Waals surface area contributed by atoms with Crippen molar-refractivity contribution in [3.63, 3.8) is 0 Å². The van der Waals surface area contributed by atoms with E-state index in [0.29, 0.717) is 0 Å². The van der Waals surface area contributed by atoms with Crippen LogP contribution >= 0.6 is 7.14 Å². The lowest BCUT2D eigenvalue weighted by Crippen LogP contribution is -2.13. The third-order valence-electron chi connectivity index (χ3n) is 2.54. The van der Waals surface area contributed by atoms with Gasteiger partial charge in [0, 0.05) is 18.0 Å². The summed E-state index contributed by atoms with van der Waals surface area (Å²) in [5.41, 5.74) is 0. The Labute approximate surface area is 78.9 Å². The van der Waals surface area contributed by atoms with Gasteiger partial charge in [0.05, 0.1) is 6.29 Å². The fourth-order valence-electron chi connectivity index (χ4n) is 1.77. The predicted octanol–water partition coefficient (Wildman–Crippen LogP) is 1.58. The Morgan fingerprint density at radius 2 is 2.00 bits per heavy atom. The molecule has 13 heavy (non-hydrogen) atoms. The molecule has 1 fully saturated rings. The Balaban J connectivity index is 2.32. The van der Waals surface area contributed by atoms with Crippen molar-refractivity contribution in [1.82, 2.24) is 4.90 Å². The zero-order valence-electron chi connectivity index (χ0n) is 7.81. The Kier molecular flexibility index (Phi) is 2.27. The smallest absolute Gasteiger partial charge is 0.130 e. The summed E-state index contributed by atoms with van der Waals surface area (Å²) >= 11 is 0. The second kappa shape index (κ2) is 3.28. The molecule has 70 valence electrons. The molecule has 2 nitrogen and oxygen atoms in total. The van der Waals surface area contributed by atoms with E-state index in [-0.39, 0.29) is 0 Å². The van der Waals surface area contributed by atoms with E-state index < -0.39 is 7.14 Å². The molecule has 0 saturated carbocycles. The van der Waals surface area contributed by atoms with Gasteiger partial charge in [-0.05, 0) is 7.05 Å². The molecule has 1 atom stereocenters. The van der Waals surface area contributed by atoms with Gasteiger partial charge in [0.15, 0.2) is 0 Å². The first-order valence-corrected chi connectivity index (χ1v) is 6.61. The highest BCUT2D eigenvalue weighted by Crippen LogP contribution is 2.48. The van der Waals surface area contributed by atoms with Crippen LogP contribution in [0.1, 0.15) is 0 Å². The highest BCUT2D eigenvalue weighted by molar-refractivity contribution is 7.71. The number of hydrogen-bond donors (Lipinski definition) is 0. The first-order valence-electron chi connectivity index (χ1n) is 4.53. The molecule has 1 saturated heterocycles. The first kappa shape index (κ1) is 8.98. The third-order valence-corrected chi connectivity index (χ3v) is 5.64. The molecular formula is C10H14NOP. The summed E-state index contributed by atoms with van der Waals surface area (Å²) in [5, 5.41) is 1.04. The average molecular weight is 195 g/mol. The molecule has 1 unspecified atom stereocenters. The summed E-state index contributed by atoms with van der Waals surface area (Å²) in [7, 11) is -0.0223. The zero-order chi connectivity index (χ0) is 9.31. The maximum atomic E-state index is 12.4. The van der Waals surface area contributed by atoms with Gasteiger partial charge >= 0.3 is 0 Å². The lowest BCUT2D eigenvalue weighted by molar-refractivity contribution is 0.435. The molecule has 2 rings (SSSR count). The van der Waals surface area contributed by atoms with Crippen LogP contribution in [0.15, 0.2) is 30.3 Å². The Hall–Kier alpha value is -0.590. The van der Waals surface area contributed by atoms with Crippen LogP contribution in [-0.2, 0) is 4.57 Å². The van der Waals surface area contributed by atoms with Crippen LogP contribution in [-0.4, -0.2) is 30.9 Å². The Morgan fingerprint density at radius 1 is 1.31 bits per heavy atom. The Bertz CT molecular complexity index is 336. The maximum Gasteiger partial charge on any atom is 0.130 e. The van der Waals surface area contributed by atoms with Gasteiger partial charge in [0.25, 0.3) is 0 Å². The Morgan fingerprint density at radius 3 is 2.54 bits per heavy atom. The van der Waals surface area contributed by atoms with Crippen LogP contribution < -0.4 is 5.30 Å². The van der Waals surface area contributed by atoms with E-state index in [1.54, 1.807) is 0 Å². The molecule has 3 heteroatoms. The van der Waals surface area contributed by atoms with Crippen LogP contribution in [0.2, 0.25) is 0 Å². The maximum absolute atomic E-state index is 12.4. The second-order valence-corrected chi connectivity index (χ2v) is 6.69. The average Bonchev–Trinajstić information content (AvgIpc) is 2.49. The van der Waals surface area contributed by atoms with Gasteiger partial charge in [0.2, 0.25) is 0 Å².